The Kier molecular flexibility index (Phi) is 9.52. The number of thioether (sulfide) groups is 2. The molecule has 3 aromatic carbocycles. The Morgan fingerprint density at radius 3 is 2.40 bits per heavy atom. The van der Waals surface area contributed by atoms with Crippen molar-refractivity contribution in [1.29, 1.82) is 5.26 Å². The minimum atomic E-state index is -2.54. The van der Waals surface area contributed by atoms with Gasteiger partial charge in [0, 0.05) is 16.3 Å². The van der Waals surface area contributed by atoms with E-state index in [1.807, 2.05) is 36.4 Å². The summed E-state index contributed by atoms with van der Waals surface area (Å²) in [6.07, 6.45) is -0.725. The van der Waals surface area contributed by atoms with Gasteiger partial charge in [0.2, 0.25) is 5.91 Å². The van der Waals surface area contributed by atoms with Crippen LogP contribution in [0.25, 0.3) is 0 Å². The van der Waals surface area contributed by atoms with Crippen LogP contribution in [0.15, 0.2) is 88.3 Å². The quantitative estimate of drug-likeness (QED) is 0.291. The van der Waals surface area contributed by atoms with E-state index in [1.54, 1.807) is 23.1 Å². The van der Waals surface area contributed by atoms with Gasteiger partial charge < -0.3 is 25.0 Å². The molecule has 1 atom stereocenters. The molecular weight excluding hydrogens is 558 g/mol. The molecule has 8 nitrogen and oxygen atoms in total. The topological polar surface area (TPSA) is 104 Å². The molecule has 4 rings (SSSR count). The van der Waals surface area contributed by atoms with Crippen molar-refractivity contribution in [2.75, 3.05) is 30.2 Å². The van der Waals surface area contributed by atoms with Gasteiger partial charge in [-0.25, -0.2) is 0 Å². The largest absolute Gasteiger partial charge is 0.493 e. The van der Waals surface area contributed by atoms with E-state index in [9.17, 15) is 23.6 Å². The summed E-state index contributed by atoms with van der Waals surface area (Å²) in [5.41, 5.74) is 1.65. The van der Waals surface area contributed by atoms with Gasteiger partial charge in [0.1, 0.15) is 22.8 Å². The van der Waals surface area contributed by atoms with Crippen LogP contribution < -0.4 is 25.0 Å². The Balaban J connectivity index is 1.63. The van der Waals surface area contributed by atoms with E-state index >= 15 is 0 Å². The summed E-state index contributed by atoms with van der Waals surface area (Å²) >= 11 is 1.46. The third-order valence-corrected chi connectivity index (χ3v) is 7.56. The molecule has 0 aromatic heterocycles. The van der Waals surface area contributed by atoms with Crippen LogP contribution in [0.1, 0.15) is 11.7 Å². The summed E-state index contributed by atoms with van der Waals surface area (Å²) in [4.78, 5) is 28.1. The summed E-state index contributed by atoms with van der Waals surface area (Å²) in [7, 11) is 3.03. The molecule has 12 heteroatoms. The Bertz CT molecular complexity index is 1450. The number of amides is 2. The second-order valence-electron chi connectivity index (χ2n) is 8.23. The van der Waals surface area contributed by atoms with Crippen LogP contribution in [0.4, 0.5) is 20.2 Å². The van der Waals surface area contributed by atoms with Gasteiger partial charge in [0.15, 0.2) is 11.5 Å². The Hall–Kier alpha value is -4.21. The van der Waals surface area contributed by atoms with E-state index in [0.717, 1.165) is 11.8 Å². The molecule has 0 aliphatic carbocycles. The van der Waals surface area contributed by atoms with Crippen LogP contribution in [0, 0.1) is 11.3 Å². The van der Waals surface area contributed by atoms with Crippen LogP contribution in [-0.4, -0.2) is 37.5 Å². The number of nitriles is 1. The van der Waals surface area contributed by atoms with Crippen molar-refractivity contribution in [3.63, 3.8) is 0 Å². The summed E-state index contributed by atoms with van der Waals surface area (Å²) < 4.78 is 35.9. The standard InChI is InChI=1S/C28H24F2N4O4S2/c1-37-22-13-8-17(14-23(22)38-2)25-33-26(36)21(15-31)27(34(25)19-6-4-3-5-7-19)39-16-24(35)32-18-9-11-20(12-10-18)40-28(29)30/h3-14,25,28H,16H2,1-2H3,(H,32,35)(H,33,36)/t25-/m1/s1. The van der Waals surface area contributed by atoms with Crippen molar-refractivity contribution in [2.24, 2.45) is 0 Å². The van der Waals surface area contributed by atoms with E-state index in [0.29, 0.717) is 50.1 Å². The zero-order valence-corrected chi connectivity index (χ0v) is 23.0. The van der Waals surface area contributed by atoms with E-state index in [-0.39, 0.29) is 11.3 Å². The van der Waals surface area contributed by atoms with Crippen molar-refractivity contribution in [3.8, 4) is 17.6 Å². The molecular formula is C28H24F2N4O4S2. The number of anilines is 2. The maximum Gasteiger partial charge on any atom is 0.288 e. The lowest BCUT2D eigenvalue weighted by molar-refractivity contribution is -0.118. The van der Waals surface area contributed by atoms with E-state index < -0.39 is 23.7 Å². The Morgan fingerprint density at radius 1 is 1.07 bits per heavy atom. The SMILES string of the molecule is COc1ccc([C@@H]2NC(=O)C(C#N)=C(SCC(=O)Nc3ccc(SC(F)F)cc3)N2c2ccccc2)cc1OC. The molecule has 0 spiro atoms. The molecule has 0 bridgehead atoms. The number of benzene rings is 3. The average Bonchev–Trinajstić information content (AvgIpc) is 2.96. The van der Waals surface area contributed by atoms with Gasteiger partial charge in [-0.05, 0) is 54.1 Å². The Morgan fingerprint density at radius 2 is 1.77 bits per heavy atom. The van der Waals surface area contributed by atoms with Crippen LogP contribution in [-0.2, 0) is 9.59 Å². The molecule has 206 valence electrons. The lowest BCUT2D eigenvalue weighted by Gasteiger charge is -2.39. The zero-order chi connectivity index (χ0) is 28.6. The van der Waals surface area contributed by atoms with Gasteiger partial charge >= 0.3 is 0 Å². The number of ether oxygens (including phenoxy) is 2. The lowest BCUT2D eigenvalue weighted by Crippen LogP contribution is -2.46. The first-order valence-corrected chi connectivity index (χ1v) is 13.7. The fourth-order valence-electron chi connectivity index (χ4n) is 4.00. The molecule has 2 N–H and O–H groups in total. The molecule has 0 radical (unpaired) electrons. The first-order chi connectivity index (χ1) is 19.3. The molecule has 2 amide bonds. The second kappa shape index (κ2) is 13.2. The first kappa shape index (κ1) is 28.8. The van der Waals surface area contributed by atoms with Crippen molar-refractivity contribution >= 4 is 46.7 Å². The molecule has 0 fully saturated rings. The number of para-hydroxylation sites is 1. The molecule has 0 unspecified atom stereocenters. The van der Waals surface area contributed by atoms with Gasteiger partial charge in [0.25, 0.3) is 11.7 Å². The summed E-state index contributed by atoms with van der Waals surface area (Å²) in [6, 6.07) is 22.4. The predicted octanol–water partition coefficient (Wildman–Crippen LogP) is 5.76. The van der Waals surface area contributed by atoms with Gasteiger partial charge in [-0.15, -0.1) is 0 Å². The van der Waals surface area contributed by atoms with Crippen molar-refractivity contribution < 1.29 is 27.8 Å². The summed E-state index contributed by atoms with van der Waals surface area (Å²) in [5.74, 6) is -2.66. The number of alkyl halides is 2. The molecule has 0 saturated heterocycles. The van der Waals surface area contributed by atoms with Crippen LogP contribution in [0.5, 0.6) is 11.5 Å². The third-order valence-electron chi connectivity index (χ3n) is 5.76. The van der Waals surface area contributed by atoms with Crippen LogP contribution in [0.3, 0.4) is 0 Å². The molecule has 1 aliphatic heterocycles. The summed E-state index contributed by atoms with van der Waals surface area (Å²) in [5, 5.41) is 15.8. The van der Waals surface area contributed by atoms with Crippen LogP contribution in [0.2, 0.25) is 0 Å². The van der Waals surface area contributed by atoms with Gasteiger partial charge in [-0.1, -0.05) is 47.8 Å². The smallest absolute Gasteiger partial charge is 0.288 e. The Labute approximate surface area is 238 Å². The first-order valence-electron chi connectivity index (χ1n) is 11.8. The van der Waals surface area contributed by atoms with Gasteiger partial charge in [-0.2, -0.15) is 14.0 Å². The normalized spacial score (nSPS) is 14.9. The molecule has 40 heavy (non-hydrogen) atoms. The molecule has 3 aromatic rings. The van der Waals surface area contributed by atoms with E-state index in [2.05, 4.69) is 10.6 Å². The van der Waals surface area contributed by atoms with Crippen molar-refractivity contribution in [2.45, 2.75) is 16.8 Å². The zero-order valence-electron chi connectivity index (χ0n) is 21.4. The number of methoxy groups -OCH3 is 2. The monoisotopic (exact) mass is 582 g/mol. The summed E-state index contributed by atoms with van der Waals surface area (Å²) in [6.45, 7) is 0. The predicted molar refractivity (Wildman–Crippen MR) is 151 cm³/mol. The highest BCUT2D eigenvalue weighted by Gasteiger charge is 2.36. The minimum absolute atomic E-state index is 0.122. The van der Waals surface area contributed by atoms with Crippen molar-refractivity contribution in [1.82, 2.24) is 5.32 Å². The average molecular weight is 583 g/mol. The van der Waals surface area contributed by atoms with Crippen molar-refractivity contribution in [3.05, 3.63) is 89.0 Å². The number of hydrogen-bond acceptors (Lipinski definition) is 8. The number of carbonyl (C=O) groups excluding carboxylic acids is 2. The fraction of sp³-hybridized carbons (Fsp3) is 0.179. The fourth-order valence-corrected chi connectivity index (χ4v) is 5.47. The van der Waals surface area contributed by atoms with E-state index in [1.165, 1.54) is 38.5 Å². The lowest BCUT2D eigenvalue weighted by atomic mass is 10.1. The maximum absolute atomic E-state index is 13.1. The number of hydrogen-bond donors (Lipinski definition) is 2. The second-order valence-corrected chi connectivity index (χ2v) is 10.3. The molecule has 0 saturated carbocycles. The highest BCUT2D eigenvalue weighted by Crippen LogP contribution is 2.41. The number of nitrogens with one attached hydrogen (secondary N) is 2. The van der Waals surface area contributed by atoms with Crippen LogP contribution >= 0.6 is 23.5 Å². The highest BCUT2D eigenvalue weighted by atomic mass is 32.2. The third kappa shape index (κ3) is 6.67. The molecule has 1 aliphatic rings. The number of carbonyl (C=O) groups is 2. The number of rotatable bonds is 10. The maximum atomic E-state index is 13.1. The molecule has 1 heterocycles. The van der Waals surface area contributed by atoms with Gasteiger partial charge in [-0.3, -0.25) is 9.59 Å². The number of halogens is 2. The number of nitrogens with zero attached hydrogens (tertiary/aromatic N) is 2. The van der Waals surface area contributed by atoms with Gasteiger partial charge in [0.05, 0.1) is 20.0 Å². The highest BCUT2D eigenvalue weighted by molar-refractivity contribution is 8.03. The minimum Gasteiger partial charge on any atom is -0.493 e. The van der Waals surface area contributed by atoms with E-state index in [4.69, 9.17) is 9.47 Å².